The van der Waals surface area contributed by atoms with Gasteiger partial charge >= 0.3 is 6.03 Å². The standard InChI is InChI=1S/C16H25N3O2S/c20-16(17-12-14-4-1-10-21-14)19-7-3-6-18(8-9-19)13-15-5-2-11-22-15/h2,5,11,14H,1,3-4,6-10,12-13H2,(H,17,20)/t14-/m0/s1. The van der Waals surface area contributed by atoms with Gasteiger partial charge in [-0.3, -0.25) is 4.90 Å². The lowest BCUT2D eigenvalue weighted by Crippen LogP contribution is -2.44. The molecule has 0 radical (unpaired) electrons. The highest BCUT2D eigenvalue weighted by atomic mass is 32.1. The maximum absolute atomic E-state index is 12.3. The van der Waals surface area contributed by atoms with E-state index < -0.39 is 0 Å². The number of hydrogen-bond acceptors (Lipinski definition) is 4. The normalized spacial score (nSPS) is 23.5. The third-order valence-corrected chi connectivity index (χ3v) is 5.20. The minimum atomic E-state index is 0.0634. The fourth-order valence-corrected chi connectivity index (χ4v) is 3.82. The molecule has 5 nitrogen and oxygen atoms in total. The Morgan fingerprint density at radius 1 is 1.32 bits per heavy atom. The average molecular weight is 323 g/mol. The van der Waals surface area contributed by atoms with Crippen LogP contribution in [0.4, 0.5) is 4.79 Å². The SMILES string of the molecule is O=C(NC[C@@H]1CCCO1)N1CCCN(Cc2cccs2)CC1. The van der Waals surface area contributed by atoms with Crippen molar-refractivity contribution in [3.63, 3.8) is 0 Å². The van der Waals surface area contributed by atoms with E-state index >= 15 is 0 Å². The van der Waals surface area contributed by atoms with Gasteiger partial charge in [-0.1, -0.05) is 6.07 Å². The zero-order valence-electron chi connectivity index (χ0n) is 13.0. The lowest BCUT2D eigenvalue weighted by Gasteiger charge is -2.22. The molecule has 122 valence electrons. The van der Waals surface area contributed by atoms with Crippen LogP contribution < -0.4 is 5.32 Å². The number of hydrogen-bond donors (Lipinski definition) is 1. The third kappa shape index (κ3) is 4.44. The van der Waals surface area contributed by atoms with E-state index in [0.717, 1.165) is 58.6 Å². The van der Waals surface area contributed by atoms with Gasteiger partial charge in [-0.2, -0.15) is 0 Å². The first-order chi connectivity index (χ1) is 10.8. The molecule has 0 saturated carbocycles. The molecule has 3 rings (SSSR count). The van der Waals surface area contributed by atoms with Crippen molar-refractivity contribution < 1.29 is 9.53 Å². The van der Waals surface area contributed by atoms with Crippen molar-refractivity contribution in [3.05, 3.63) is 22.4 Å². The number of ether oxygens (including phenoxy) is 1. The summed E-state index contributed by atoms with van der Waals surface area (Å²) in [6.45, 7) is 6.15. The molecular weight excluding hydrogens is 298 g/mol. The smallest absolute Gasteiger partial charge is 0.317 e. The van der Waals surface area contributed by atoms with Crippen LogP contribution in [0.25, 0.3) is 0 Å². The summed E-state index contributed by atoms with van der Waals surface area (Å²) in [5.41, 5.74) is 0. The summed E-state index contributed by atoms with van der Waals surface area (Å²) in [7, 11) is 0. The van der Waals surface area contributed by atoms with Gasteiger partial charge in [0.1, 0.15) is 0 Å². The highest BCUT2D eigenvalue weighted by molar-refractivity contribution is 7.09. The first kappa shape index (κ1) is 15.8. The number of rotatable bonds is 4. The number of nitrogens with one attached hydrogen (secondary N) is 1. The van der Waals surface area contributed by atoms with Crippen LogP contribution in [-0.2, 0) is 11.3 Å². The zero-order chi connectivity index (χ0) is 15.2. The molecule has 2 fully saturated rings. The topological polar surface area (TPSA) is 44.8 Å². The number of thiophene rings is 1. The molecule has 0 spiro atoms. The molecule has 22 heavy (non-hydrogen) atoms. The lowest BCUT2D eigenvalue weighted by atomic mass is 10.2. The molecule has 2 aliphatic heterocycles. The lowest BCUT2D eigenvalue weighted by molar-refractivity contribution is 0.109. The Labute approximate surface area is 136 Å². The van der Waals surface area contributed by atoms with Gasteiger partial charge in [-0.25, -0.2) is 4.79 Å². The summed E-state index contributed by atoms with van der Waals surface area (Å²) >= 11 is 1.80. The molecule has 2 saturated heterocycles. The molecule has 2 aliphatic rings. The predicted molar refractivity (Wildman–Crippen MR) is 88.2 cm³/mol. The highest BCUT2D eigenvalue weighted by Gasteiger charge is 2.21. The molecular formula is C16H25N3O2S. The fraction of sp³-hybridized carbons (Fsp3) is 0.688. The molecule has 1 atom stereocenters. The highest BCUT2D eigenvalue weighted by Crippen LogP contribution is 2.14. The van der Waals surface area contributed by atoms with Gasteiger partial charge in [0, 0.05) is 50.8 Å². The van der Waals surface area contributed by atoms with Crippen molar-refractivity contribution in [2.24, 2.45) is 0 Å². The van der Waals surface area contributed by atoms with Gasteiger partial charge in [-0.05, 0) is 30.7 Å². The van der Waals surface area contributed by atoms with E-state index in [0.29, 0.717) is 6.54 Å². The van der Waals surface area contributed by atoms with Crippen molar-refractivity contribution in [2.45, 2.75) is 31.9 Å². The van der Waals surface area contributed by atoms with Crippen molar-refractivity contribution in [3.8, 4) is 0 Å². The zero-order valence-corrected chi connectivity index (χ0v) is 13.8. The largest absolute Gasteiger partial charge is 0.376 e. The van der Waals surface area contributed by atoms with E-state index in [1.54, 1.807) is 11.3 Å². The van der Waals surface area contributed by atoms with Crippen molar-refractivity contribution >= 4 is 17.4 Å². The summed E-state index contributed by atoms with van der Waals surface area (Å²) in [6.07, 6.45) is 3.43. The van der Waals surface area contributed by atoms with Crippen molar-refractivity contribution in [1.29, 1.82) is 0 Å². The Kier molecular flexibility index (Phi) is 5.70. The van der Waals surface area contributed by atoms with E-state index in [4.69, 9.17) is 4.74 Å². The number of amides is 2. The Hall–Kier alpha value is -1.11. The second kappa shape index (κ2) is 7.94. The molecule has 0 aliphatic carbocycles. The quantitative estimate of drug-likeness (QED) is 0.923. The summed E-state index contributed by atoms with van der Waals surface area (Å²) in [5, 5.41) is 5.15. The number of carbonyl (C=O) groups excluding carboxylic acids is 1. The van der Waals surface area contributed by atoms with Crippen LogP contribution >= 0.6 is 11.3 Å². The Bertz CT molecular complexity index is 460. The fourth-order valence-electron chi connectivity index (χ4n) is 3.07. The van der Waals surface area contributed by atoms with Crippen molar-refractivity contribution in [2.75, 3.05) is 39.3 Å². The molecule has 1 N–H and O–H groups in total. The molecule has 1 aromatic heterocycles. The molecule has 1 aromatic rings. The Morgan fingerprint density at radius 2 is 2.27 bits per heavy atom. The minimum absolute atomic E-state index is 0.0634. The van der Waals surface area contributed by atoms with Gasteiger partial charge < -0.3 is 15.0 Å². The van der Waals surface area contributed by atoms with Crippen LogP contribution in [0.15, 0.2) is 17.5 Å². The summed E-state index contributed by atoms with van der Waals surface area (Å²) < 4.78 is 5.55. The Balaban J connectivity index is 1.42. The van der Waals surface area contributed by atoms with Crippen LogP contribution in [0.1, 0.15) is 24.1 Å². The van der Waals surface area contributed by atoms with E-state index in [9.17, 15) is 4.79 Å². The van der Waals surface area contributed by atoms with E-state index in [-0.39, 0.29) is 12.1 Å². The van der Waals surface area contributed by atoms with Gasteiger partial charge in [-0.15, -0.1) is 11.3 Å². The predicted octanol–water partition coefficient (Wildman–Crippen LogP) is 2.14. The maximum atomic E-state index is 12.3. The van der Waals surface area contributed by atoms with Crippen LogP contribution in [0.5, 0.6) is 0 Å². The molecule has 2 amide bonds. The second-order valence-corrected chi connectivity index (χ2v) is 7.05. The van der Waals surface area contributed by atoms with Crippen LogP contribution in [0, 0.1) is 0 Å². The minimum Gasteiger partial charge on any atom is -0.376 e. The number of carbonyl (C=O) groups is 1. The average Bonchev–Trinajstić information content (AvgIpc) is 3.16. The maximum Gasteiger partial charge on any atom is 0.317 e. The molecule has 6 heteroatoms. The van der Waals surface area contributed by atoms with Crippen LogP contribution in [0.3, 0.4) is 0 Å². The second-order valence-electron chi connectivity index (χ2n) is 6.02. The molecule has 0 bridgehead atoms. The van der Waals surface area contributed by atoms with Gasteiger partial charge in [0.25, 0.3) is 0 Å². The summed E-state index contributed by atoms with van der Waals surface area (Å²) in [5.74, 6) is 0. The number of nitrogens with zero attached hydrogens (tertiary/aromatic N) is 2. The van der Waals surface area contributed by atoms with E-state index in [1.165, 1.54) is 4.88 Å². The van der Waals surface area contributed by atoms with E-state index in [1.807, 2.05) is 4.90 Å². The van der Waals surface area contributed by atoms with Gasteiger partial charge in [0.2, 0.25) is 0 Å². The number of urea groups is 1. The first-order valence-corrected chi connectivity index (χ1v) is 9.08. The summed E-state index contributed by atoms with van der Waals surface area (Å²) in [6, 6.07) is 4.35. The van der Waals surface area contributed by atoms with Gasteiger partial charge in [0.05, 0.1) is 6.10 Å². The molecule has 0 aromatic carbocycles. The van der Waals surface area contributed by atoms with E-state index in [2.05, 4.69) is 27.7 Å². The Morgan fingerprint density at radius 3 is 3.05 bits per heavy atom. The van der Waals surface area contributed by atoms with Crippen LogP contribution in [0.2, 0.25) is 0 Å². The molecule has 3 heterocycles. The van der Waals surface area contributed by atoms with Gasteiger partial charge in [0.15, 0.2) is 0 Å². The van der Waals surface area contributed by atoms with Crippen molar-refractivity contribution in [1.82, 2.24) is 15.1 Å². The third-order valence-electron chi connectivity index (χ3n) is 4.34. The summed E-state index contributed by atoms with van der Waals surface area (Å²) in [4.78, 5) is 18.1. The first-order valence-electron chi connectivity index (χ1n) is 8.20. The van der Waals surface area contributed by atoms with Crippen LogP contribution in [-0.4, -0.2) is 61.3 Å². The monoisotopic (exact) mass is 323 g/mol. The molecule has 0 unspecified atom stereocenters.